The molecule has 0 radical (unpaired) electrons. The van der Waals surface area contributed by atoms with Crippen LogP contribution >= 0.6 is 0 Å². The number of hydrogen-bond donors (Lipinski definition) is 2. The van der Waals surface area contributed by atoms with E-state index in [1.54, 1.807) is 6.07 Å². The number of benzene rings is 1. The first-order chi connectivity index (χ1) is 7.63. The van der Waals surface area contributed by atoms with Crippen LogP contribution in [0.1, 0.15) is 39.9 Å². The van der Waals surface area contributed by atoms with E-state index in [9.17, 15) is 4.79 Å². The third kappa shape index (κ3) is 1.66. The highest BCUT2D eigenvalue weighted by molar-refractivity contribution is 6.05. The molecule has 2 rings (SSSR count). The molecule has 0 fully saturated rings. The molecule has 1 aliphatic rings. The first-order valence-electron chi connectivity index (χ1n) is 5.21. The molecule has 4 heteroatoms. The first kappa shape index (κ1) is 10.7. The number of carboxylic acid groups (broad SMARTS) is 1. The van der Waals surface area contributed by atoms with Gasteiger partial charge in [0, 0.05) is 5.56 Å². The zero-order chi connectivity index (χ0) is 11.7. The summed E-state index contributed by atoms with van der Waals surface area (Å²) in [7, 11) is 0. The number of hydrogen-bond acceptors (Lipinski definition) is 3. The van der Waals surface area contributed by atoms with Crippen LogP contribution in [0.5, 0.6) is 0 Å². The van der Waals surface area contributed by atoms with E-state index in [2.05, 4.69) is 5.16 Å². The molecule has 0 aliphatic heterocycles. The van der Waals surface area contributed by atoms with Crippen LogP contribution in [0.2, 0.25) is 0 Å². The van der Waals surface area contributed by atoms with E-state index >= 15 is 0 Å². The van der Waals surface area contributed by atoms with Crippen LogP contribution < -0.4 is 0 Å². The number of aryl methyl sites for hydroxylation is 1. The van der Waals surface area contributed by atoms with Gasteiger partial charge >= 0.3 is 5.97 Å². The second-order valence-electron chi connectivity index (χ2n) is 4.04. The Hall–Kier alpha value is -1.84. The van der Waals surface area contributed by atoms with Gasteiger partial charge in [0.1, 0.15) is 0 Å². The van der Waals surface area contributed by atoms with Crippen LogP contribution in [0.3, 0.4) is 0 Å². The van der Waals surface area contributed by atoms with E-state index in [0.717, 1.165) is 29.5 Å². The number of nitrogens with zero attached hydrogens (tertiary/aromatic N) is 1. The summed E-state index contributed by atoms with van der Waals surface area (Å²) in [5, 5.41) is 21.3. The fraction of sp³-hybridized carbons (Fsp3) is 0.333. The maximum absolute atomic E-state index is 11.1. The SMILES string of the molecule is Cc1cc(C(=O)O)c2c(c1)C(=NO)CCC2. The maximum Gasteiger partial charge on any atom is 0.335 e. The van der Waals surface area contributed by atoms with Crippen molar-refractivity contribution in [1.29, 1.82) is 0 Å². The lowest BCUT2D eigenvalue weighted by atomic mass is 9.85. The summed E-state index contributed by atoms with van der Waals surface area (Å²) in [5.41, 5.74) is 3.37. The Kier molecular flexibility index (Phi) is 2.64. The molecule has 1 aliphatic carbocycles. The molecule has 2 N–H and O–H groups in total. The summed E-state index contributed by atoms with van der Waals surface area (Å²) in [6.07, 6.45) is 2.26. The largest absolute Gasteiger partial charge is 0.478 e. The molecular formula is C12H13NO3. The first-order valence-corrected chi connectivity index (χ1v) is 5.21. The number of carbonyl (C=O) groups is 1. The van der Waals surface area contributed by atoms with Crippen LogP contribution in [0.4, 0.5) is 0 Å². The normalized spacial score (nSPS) is 17.2. The Morgan fingerprint density at radius 2 is 2.12 bits per heavy atom. The van der Waals surface area contributed by atoms with Gasteiger partial charge in [0.15, 0.2) is 0 Å². The van der Waals surface area contributed by atoms with Gasteiger partial charge in [-0.05, 0) is 49.4 Å². The van der Waals surface area contributed by atoms with Gasteiger partial charge in [-0.25, -0.2) is 4.79 Å². The number of fused-ring (bicyclic) bond motifs is 1. The zero-order valence-corrected chi connectivity index (χ0v) is 9.03. The smallest absolute Gasteiger partial charge is 0.335 e. The van der Waals surface area contributed by atoms with Gasteiger partial charge in [-0.1, -0.05) is 5.16 Å². The lowest BCUT2D eigenvalue weighted by Gasteiger charge is -2.19. The fourth-order valence-corrected chi connectivity index (χ4v) is 2.21. The predicted octanol–water partition coefficient (Wildman–Crippen LogP) is 2.21. The Bertz CT molecular complexity index is 477. The molecule has 0 aromatic heterocycles. The Labute approximate surface area is 93.2 Å². The minimum atomic E-state index is -0.917. The Morgan fingerprint density at radius 1 is 1.38 bits per heavy atom. The third-order valence-corrected chi connectivity index (χ3v) is 2.90. The van der Waals surface area contributed by atoms with Gasteiger partial charge in [-0.15, -0.1) is 0 Å². The van der Waals surface area contributed by atoms with Crippen molar-refractivity contribution < 1.29 is 15.1 Å². The Morgan fingerprint density at radius 3 is 2.75 bits per heavy atom. The highest BCUT2D eigenvalue weighted by Gasteiger charge is 2.22. The molecule has 1 aromatic rings. The van der Waals surface area contributed by atoms with Crippen molar-refractivity contribution in [3.05, 3.63) is 34.4 Å². The van der Waals surface area contributed by atoms with Crippen molar-refractivity contribution in [2.75, 3.05) is 0 Å². The molecule has 84 valence electrons. The standard InChI is InChI=1S/C12H13NO3/c1-7-5-9-8(10(6-7)12(14)15)3-2-4-11(9)13-16/h5-6,16H,2-4H2,1H3,(H,14,15). The topological polar surface area (TPSA) is 69.9 Å². The summed E-state index contributed by atoms with van der Waals surface area (Å²) >= 11 is 0. The van der Waals surface area contributed by atoms with Crippen molar-refractivity contribution in [2.24, 2.45) is 5.16 Å². The van der Waals surface area contributed by atoms with Crippen LogP contribution in [-0.2, 0) is 6.42 Å². The maximum atomic E-state index is 11.1. The van der Waals surface area contributed by atoms with Gasteiger partial charge in [0.05, 0.1) is 11.3 Å². The average Bonchev–Trinajstić information content (AvgIpc) is 2.27. The van der Waals surface area contributed by atoms with E-state index < -0.39 is 5.97 Å². The summed E-state index contributed by atoms with van der Waals surface area (Å²) in [4.78, 5) is 11.1. The number of oxime groups is 1. The molecule has 1 aromatic carbocycles. The second-order valence-corrected chi connectivity index (χ2v) is 4.04. The molecule has 0 saturated carbocycles. The van der Waals surface area contributed by atoms with E-state index in [4.69, 9.17) is 10.3 Å². The molecule has 0 atom stereocenters. The molecule has 16 heavy (non-hydrogen) atoms. The highest BCUT2D eigenvalue weighted by Crippen LogP contribution is 2.26. The number of carboxylic acids is 1. The number of rotatable bonds is 1. The van der Waals surface area contributed by atoms with Gasteiger partial charge in [-0.3, -0.25) is 0 Å². The Balaban J connectivity index is 2.68. The lowest BCUT2D eigenvalue weighted by Crippen LogP contribution is -2.16. The lowest BCUT2D eigenvalue weighted by molar-refractivity contribution is 0.0695. The fourth-order valence-electron chi connectivity index (χ4n) is 2.21. The van der Waals surface area contributed by atoms with Gasteiger partial charge < -0.3 is 10.3 Å². The van der Waals surface area contributed by atoms with Crippen molar-refractivity contribution in [3.63, 3.8) is 0 Å². The molecule has 0 spiro atoms. The molecule has 0 heterocycles. The molecule has 4 nitrogen and oxygen atoms in total. The molecule has 0 saturated heterocycles. The summed E-state index contributed by atoms with van der Waals surface area (Å²) < 4.78 is 0. The quantitative estimate of drug-likeness (QED) is 0.562. The van der Waals surface area contributed by atoms with Crippen molar-refractivity contribution in [3.8, 4) is 0 Å². The third-order valence-electron chi connectivity index (χ3n) is 2.90. The van der Waals surface area contributed by atoms with Crippen LogP contribution in [0.25, 0.3) is 0 Å². The van der Waals surface area contributed by atoms with Crippen molar-refractivity contribution in [1.82, 2.24) is 0 Å². The summed E-state index contributed by atoms with van der Waals surface area (Å²) in [5.74, 6) is -0.917. The van der Waals surface area contributed by atoms with E-state index in [1.165, 1.54) is 0 Å². The zero-order valence-electron chi connectivity index (χ0n) is 9.03. The van der Waals surface area contributed by atoms with Gasteiger partial charge in [-0.2, -0.15) is 0 Å². The van der Waals surface area contributed by atoms with E-state index in [0.29, 0.717) is 17.7 Å². The monoisotopic (exact) mass is 219 g/mol. The van der Waals surface area contributed by atoms with Crippen LogP contribution in [-0.4, -0.2) is 22.0 Å². The number of aromatic carboxylic acids is 1. The van der Waals surface area contributed by atoms with E-state index in [1.807, 2.05) is 13.0 Å². The minimum Gasteiger partial charge on any atom is -0.478 e. The molecule has 0 unspecified atom stereocenters. The molecule has 0 bridgehead atoms. The summed E-state index contributed by atoms with van der Waals surface area (Å²) in [6, 6.07) is 3.55. The summed E-state index contributed by atoms with van der Waals surface area (Å²) in [6.45, 7) is 1.84. The molecule has 0 amide bonds. The highest BCUT2D eigenvalue weighted by atomic mass is 16.4. The predicted molar refractivity (Wildman–Crippen MR) is 59.4 cm³/mol. The van der Waals surface area contributed by atoms with Gasteiger partial charge in [0.2, 0.25) is 0 Å². The second kappa shape index (κ2) is 3.96. The minimum absolute atomic E-state index is 0.329. The van der Waals surface area contributed by atoms with E-state index in [-0.39, 0.29) is 0 Å². The van der Waals surface area contributed by atoms with Gasteiger partial charge in [0.25, 0.3) is 0 Å². The average molecular weight is 219 g/mol. The van der Waals surface area contributed by atoms with Crippen LogP contribution in [0.15, 0.2) is 17.3 Å². The molecular weight excluding hydrogens is 206 g/mol. The van der Waals surface area contributed by atoms with Crippen molar-refractivity contribution >= 4 is 11.7 Å². The van der Waals surface area contributed by atoms with Crippen molar-refractivity contribution in [2.45, 2.75) is 26.2 Å². The van der Waals surface area contributed by atoms with Crippen LogP contribution in [0, 0.1) is 6.92 Å².